The maximum Gasteiger partial charge on any atom is 0.251 e. The molecular weight excluding hydrogens is 408 g/mol. The Bertz CT molecular complexity index is 895. The lowest BCUT2D eigenvalue weighted by molar-refractivity contribution is 0.0956. The van der Waals surface area contributed by atoms with Gasteiger partial charge in [-0.05, 0) is 18.2 Å². The number of sulfonamides is 1. The van der Waals surface area contributed by atoms with Crippen molar-refractivity contribution in [2.45, 2.75) is 5.37 Å². The van der Waals surface area contributed by atoms with Crippen LogP contribution in [0.1, 0.15) is 21.4 Å². The van der Waals surface area contributed by atoms with E-state index in [0.29, 0.717) is 23.5 Å². The summed E-state index contributed by atoms with van der Waals surface area (Å²) < 4.78 is 24.9. The largest absolute Gasteiger partial charge is 0.370 e. The van der Waals surface area contributed by atoms with Gasteiger partial charge in [0.15, 0.2) is 5.96 Å². The van der Waals surface area contributed by atoms with E-state index in [2.05, 4.69) is 20.0 Å². The van der Waals surface area contributed by atoms with Gasteiger partial charge >= 0.3 is 0 Å². The van der Waals surface area contributed by atoms with Crippen LogP contribution < -0.4 is 21.5 Å². The van der Waals surface area contributed by atoms with Crippen molar-refractivity contribution in [1.82, 2.24) is 10.3 Å². The predicted octanol–water partition coefficient (Wildman–Crippen LogP) is 0.950. The molecule has 0 saturated heterocycles. The molecule has 1 amide bonds. The summed E-state index contributed by atoms with van der Waals surface area (Å²) in [5.74, 6) is 0.228. The van der Waals surface area contributed by atoms with Crippen molar-refractivity contribution < 1.29 is 13.2 Å². The molecule has 0 spiro atoms. The fraction of sp³-hybridized carbons (Fsp3) is 0.267. The first-order chi connectivity index (χ1) is 12.7. The molecule has 146 valence electrons. The minimum Gasteiger partial charge on any atom is -0.370 e. The summed E-state index contributed by atoms with van der Waals surface area (Å²) in [5, 5.41) is 4.31. The van der Waals surface area contributed by atoms with Crippen molar-refractivity contribution in [2.75, 3.05) is 23.3 Å². The predicted molar refractivity (Wildman–Crippen MR) is 110 cm³/mol. The van der Waals surface area contributed by atoms with E-state index in [9.17, 15) is 13.2 Å². The number of carbonyl (C=O) groups is 1. The fourth-order valence-corrected chi connectivity index (χ4v) is 4.20. The molecular formula is C15H20N6O3S3. The molecule has 2 rings (SSSR count). The van der Waals surface area contributed by atoms with Crippen LogP contribution in [-0.2, 0) is 10.0 Å². The third-order valence-electron chi connectivity index (χ3n) is 3.06. The first-order valence-electron chi connectivity index (χ1n) is 7.69. The fourth-order valence-electron chi connectivity index (χ4n) is 2.04. The lowest BCUT2D eigenvalue weighted by Gasteiger charge is -2.11. The Morgan fingerprint density at radius 2 is 2.19 bits per heavy atom. The summed E-state index contributed by atoms with van der Waals surface area (Å²) in [4.78, 5) is 20.6. The summed E-state index contributed by atoms with van der Waals surface area (Å²) >= 11 is 2.89. The zero-order chi connectivity index (χ0) is 19.9. The second kappa shape index (κ2) is 9.58. The number of amides is 1. The molecule has 0 fully saturated rings. The molecule has 2 aromatic rings. The van der Waals surface area contributed by atoms with E-state index in [-0.39, 0.29) is 17.2 Å². The molecule has 12 heteroatoms. The van der Waals surface area contributed by atoms with Crippen molar-refractivity contribution in [2.24, 2.45) is 16.5 Å². The number of nitrogens with zero attached hydrogens (tertiary/aromatic N) is 2. The highest BCUT2D eigenvalue weighted by molar-refractivity contribution is 7.99. The monoisotopic (exact) mass is 428 g/mol. The van der Waals surface area contributed by atoms with Gasteiger partial charge in [-0.3, -0.25) is 9.52 Å². The quantitative estimate of drug-likeness (QED) is 0.263. The van der Waals surface area contributed by atoms with Gasteiger partial charge in [0.1, 0.15) is 5.37 Å². The lowest BCUT2D eigenvalue weighted by Crippen LogP contribution is -2.26. The molecule has 0 aliphatic carbocycles. The second-order valence-electron chi connectivity index (χ2n) is 5.40. The molecule has 1 heterocycles. The Balaban J connectivity index is 1.88. The van der Waals surface area contributed by atoms with Crippen molar-refractivity contribution >= 4 is 50.7 Å². The zero-order valence-corrected chi connectivity index (χ0v) is 16.9. The molecule has 9 nitrogen and oxygen atoms in total. The van der Waals surface area contributed by atoms with Gasteiger partial charge < -0.3 is 16.8 Å². The summed E-state index contributed by atoms with van der Waals surface area (Å²) in [5.41, 5.74) is 14.1. The molecule has 6 N–H and O–H groups in total. The Kier molecular flexibility index (Phi) is 7.45. The number of thiazole rings is 1. The summed E-state index contributed by atoms with van der Waals surface area (Å²) in [6.07, 6.45) is 1.05. The Labute approximate surface area is 165 Å². The van der Waals surface area contributed by atoms with Gasteiger partial charge in [-0.1, -0.05) is 6.07 Å². The summed E-state index contributed by atoms with van der Waals surface area (Å²) in [6.45, 7) is 0.383. The van der Waals surface area contributed by atoms with Crippen LogP contribution in [0.2, 0.25) is 0 Å². The van der Waals surface area contributed by atoms with E-state index in [1.54, 1.807) is 23.7 Å². The van der Waals surface area contributed by atoms with Crippen LogP contribution in [0.4, 0.5) is 5.69 Å². The van der Waals surface area contributed by atoms with E-state index in [0.717, 1.165) is 11.9 Å². The molecule has 0 bridgehead atoms. The number of rotatable bonds is 9. The number of hydrogen-bond acceptors (Lipinski definition) is 7. The second-order valence-corrected chi connectivity index (χ2v) is 9.06. The van der Waals surface area contributed by atoms with Crippen molar-refractivity contribution in [1.29, 1.82) is 0 Å². The standard InChI is InChI=1S/C15H20N6O3S3/c1-27(23,24)21-11-4-2-3-10(7-11)13(22)18-5-6-26-14(20-15(16)17)12-8-25-9-19-12/h2-4,7-9,14,21H,5-6H2,1H3,(H,18,22)(H4,16,17,20). The molecule has 1 atom stereocenters. The smallest absolute Gasteiger partial charge is 0.251 e. The number of nitrogens with one attached hydrogen (secondary N) is 2. The molecule has 0 saturated carbocycles. The maximum atomic E-state index is 12.2. The van der Waals surface area contributed by atoms with Crippen LogP contribution >= 0.6 is 23.1 Å². The van der Waals surface area contributed by atoms with Crippen LogP contribution in [-0.4, -0.2) is 43.8 Å². The van der Waals surface area contributed by atoms with Gasteiger partial charge in [-0.2, -0.15) is 0 Å². The number of carbonyl (C=O) groups excluding carboxylic acids is 1. The van der Waals surface area contributed by atoms with Crippen LogP contribution in [0.5, 0.6) is 0 Å². The average Bonchev–Trinajstić information content (AvgIpc) is 3.10. The molecule has 0 radical (unpaired) electrons. The maximum absolute atomic E-state index is 12.2. The molecule has 0 aliphatic heterocycles. The molecule has 1 aromatic carbocycles. The highest BCUT2D eigenvalue weighted by atomic mass is 32.2. The van der Waals surface area contributed by atoms with Crippen LogP contribution in [0.3, 0.4) is 0 Å². The minimum absolute atomic E-state index is 0.0280. The zero-order valence-electron chi connectivity index (χ0n) is 14.5. The average molecular weight is 429 g/mol. The molecule has 1 unspecified atom stereocenters. The number of thioether (sulfide) groups is 1. The van der Waals surface area contributed by atoms with Crippen molar-refractivity contribution in [3.63, 3.8) is 0 Å². The number of benzene rings is 1. The van der Waals surface area contributed by atoms with Gasteiger partial charge in [0.05, 0.1) is 17.5 Å². The minimum atomic E-state index is -3.40. The summed E-state index contributed by atoms with van der Waals surface area (Å²) in [7, 11) is -3.40. The third kappa shape index (κ3) is 7.45. The normalized spacial score (nSPS) is 12.2. The van der Waals surface area contributed by atoms with Crippen LogP contribution in [0.15, 0.2) is 40.1 Å². The first-order valence-corrected chi connectivity index (χ1v) is 11.6. The summed E-state index contributed by atoms with van der Waals surface area (Å²) in [6, 6.07) is 6.25. The molecule has 1 aromatic heterocycles. The number of aliphatic imine (C=N–C) groups is 1. The van der Waals surface area contributed by atoms with E-state index >= 15 is 0 Å². The number of nitrogens with two attached hydrogens (primary N) is 2. The Hall–Kier alpha value is -2.31. The number of guanidine groups is 1. The Morgan fingerprint density at radius 3 is 2.81 bits per heavy atom. The van der Waals surface area contributed by atoms with Gasteiger partial charge in [0.25, 0.3) is 5.91 Å². The Morgan fingerprint density at radius 1 is 1.41 bits per heavy atom. The highest BCUT2D eigenvalue weighted by Crippen LogP contribution is 2.29. The van der Waals surface area contributed by atoms with Crippen LogP contribution in [0, 0.1) is 0 Å². The van der Waals surface area contributed by atoms with E-state index in [1.165, 1.54) is 29.2 Å². The van der Waals surface area contributed by atoms with E-state index in [1.807, 2.05) is 5.38 Å². The highest BCUT2D eigenvalue weighted by Gasteiger charge is 2.14. The molecule has 0 aliphatic rings. The van der Waals surface area contributed by atoms with Gasteiger partial charge in [-0.15, -0.1) is 23.1 Å². The first kappa shape index (κ1) is 21.0. The molecule has 27 heavy (non-hydrogen) atoms. The van der Waals surface area contributed by atoms with Gasteiger partial charge in [0, 0.05) is 28.9 Å². The number of anilines is 1. The van der Waals surface area contributed by atoms with Crippen molar-refractivity contribution in [3.8, 4) is 0 Å². The van der Waals surface area contributed by atoms with E-state index < -0.39 is 10.0 Å². The number of aromatic nitrogens is 1. The topological polar surface area (TPSA) is 153 Å². The lowest BCUT2D eigenvalue weighted by atomic mass is 10.2. The van der Waals surface area contributed by atoms with Gasteiger partial charge in [-0.25, -0.2) is 18.4 Å². The SMILES string of the molecule is CS(=O)(=O)Nc1cccc(C(=O)NCCSC(N=C(N)N)c2cscn2)c1. The van der Waals surface area contributed by atoms with Gasteiger partial charge in [0.2, 0.25) is 10.0 Å². The third-order valence-corrected chi connectivity index (χ3v) is 5.38. The van der Waals surface area contributed by atoms with Crippen molar-refractivity contribution in [3.05, 3.63) is 46.4 Å². The van der Waals surface area contributed by atoms with Crippen LogP contribution in [0.25, 0.3) is 0 Å². The number of hydrogen-bond donors (Lipinski definition) is 4. The van der Waals surface area contributed by atoms with E-state index in [4.69, 9.17) is 11.5 Å².